The van der Waals surface area contributed by atoms with Crippen molar-refractivity contribution in [3.63, 3.8) is 0 Å². The Morgan fingerprint density at radius 3 is 2.65 bits per heavy atom. The van der Waals surface area contributed by atoms with Crippen LogP contribution in [0.15, 0.2) is 12.7 Å². The van der Waals surface area contributed by atoms with Crippen LogP contribution in [0.5, 0.6) is 0 Å². The van der Waals surface area contributed by atoms with Gasteiger partial charge in [0.1, 0.15) is 5.54 Å². The van der Waals surface area contributed by atoms with E-state index in [1.165, 1.54) is 0 Å². The minimum absolute atomic E-state index is 0.0825. The second-order valence-corrected chi connectivity index (χ2v) is 5.57. The van der Waals surface area contributed by atoms with E-state index in [1.54, 1.807) is 11.0 Å². The fraction of sp³-hybridized carbons (Fsp3) is 0.643. The molecule has 2 amide bonds. The highest BCUT2D eigenvalue weighted by Crippen LogP contribution is 2.31. The molecule has 6 heteroatoms. The average molecular weight is 280 g/mol. The zero-order valence-corrected chi connectivity index (χ0v) is 11.4. The lowest BCUT2D eigenvalue weighted by atomic mass is 9.96. The monoisotopic (exact) mass is 280 g/mol. The predicted octanol–water partition coefficient (Wildman–Crippen LogP) is 0.534. The summed E-state index contributed by atoms with van der Waals surface area (Å²) in [5, 5.41) is 12.0. The van der Waals surface area contributed by atoms with Crippen molar-refractivity contribution in [3.8, 4) is 0 Å². The van der Waals surface area contributed by atoms with E-state index in [4.69, 9.17) is 0 Å². The fourth-order valence-corrected chi connectivity index (χ4v) is 2.99. The number of carbonyl (C=O) groups is 3. The van der Waals surface area contributed by atoms with Gasteiger partial charge < -0.3 is 15.3 Å². The zero-order chi connectivity index (χ0) is 14.8. The number of carboxylic acid groups (broad SMARTS) is 1. The van der Waals surface area contributed by atoms with E-state index in [9.17, 15) is 19.5 Å². The Labute approximate surface area is 117 Å². The van der Waals surface area contributed by atoms with Crippen LogP contribution in [0.1, 0.15) is 32.1 Å². The van der Waals surface area contributed by atoms with E-state index in [0.29, 0.717) is 25.9 Å². The second kappa shape index (κ2) is 5.64. The number of hydrogen-bond acceptors (Lipinski definition) is 3. The molecule has 0 aromatic carbocycles. The van der Waals surface area contributed by atoms with Crippen LogP contribution in [0.25, 0.3) is 0 Å². The number of carboxylic acids is 1. The Balaban J connectivity index is 2.00. The normalized spacial score (nSPS) is 24.7. The molecule has 2 fully saturated rings. The number of hydrogen-bond donors (Lipinski definition) is 2. The number of aliphatic carboxylic acids is 1. The first-order chi connectivity index (χ1) is 9.48. The summed E-state index contributed by atoms with van der Waals surface area (Å²) in [6.07, 6.45) is 4.30. The largest absolute Gasteiger partial charge is 0.480 e. The van der Waals surface area contributed by atoms with Gasteiger partial charge in [-0.3, -0.25) is 9.59 Å². The maximum absolute atomic E-state index is 12.2. The number of carbonyl (C=O) groups excluding carboxylic acids is 2. The van der Waals surface area contributed by atoms with Crippen LogP contribution in [-0.4, -0.2) is 46.4 Å². The maximum atomic E-state index is 12.2. The lowest BCUT2D eigenvalue weighted by molar-refractivity contribution is -0.148. The molecule has 1 aliphatic heterocycles. The molecule has 0 aromatic heterocycles. The summed E-state index contributed by atoms with van der Waals surface area (Å²) in [4.78, 5) is 36.9. The van der Waals surface area contributed by atoms with Crippen LogP contribution in [0.3, 0.4) is 0 Å². The molecule has 2 aliphatic rings. The van der Waals surface area contributed by atoms with Crippen molar-refractivity contribution in [2.45, 2.75) is 37.6 Å². The van der Waals surface area contributed by atoms with Crippen LogP contribution in [0, 0.1) is 5.92 Å². The van der Waals surface area contributed by atoms with Gasteiger partial charge in [-0.15, -0.1) is 6.58 Å². The number of nitrogens with zero attached hydrogens (tertiary/aromatic N) is 1. The van der Waals surface area contributed by atoms with Gasteiger partial charge in [-0.25, -0.2) is 4.79 Å². The third-order valence-corrected chi connectivity index (χ3v) is 4.16. The minimum atomic E-state index is -1.13. The van der Waals surface area contributed by atoms with E-state index in [2.05, 4.69) is 11.9 Å². The Hall–Kier alpha value is -1.85. The molecule has 2 N–H and O–H groups in total. The van der Waals surface area contributed by atoms with Crippen LogP contribution >= 0.6 is 0 Å². The van der Waals surface area contributed by atoms with Crippen molar-refractivity contribution < 1.29 is 19.5 Å². The molecule has 0 bridgehead atoms. The summed E-state index contributed by atoms with van der Waals surface area (Å²) >= 11 is 0. The summed E-state index contributed by atoms with van der Waals surface area (Å²) in [6.45, 7) is 4.34. The van der Waals surface area contributed by atoms with E-state index in [1.807, 2.05) is 0 Å². The lowest BCUT2D eigenvalue weighted by Gasteiger charge is -2.26. The average Bonchev–Trinajstić information content (AvgIpc) is 2.99. The van der Waals surface area contributed by atoms with Crippen molar-refractivity contribution in [1.82, 2.24) is 10.2 Å². The predicted molar refractivity (Wildman–Crippen MR) is 71.9 cm³/mol. The standard InChI is InChI=1S/C14H20N2O4/c1-2-7-16-9-10(8-11(16)17)12(18)15-14(13(19)20)5-3-4-6-14/h2,10H,1,3-9H2,(H,15,18)(H,19,20)/t10-/m0/s1. The van der Waals surface area contributed by atoms with Gasteiger partial charge in [-0.1, -0.05) is 18.9 Å². The quantitative estimate of drug-likeness (QED) is 0.719. The summed E-state index contributed by atoms with van der Waals surface area (Å²) in [5.41, 5.74) is -1.13. The molecule has 0 unspecified atom stereocenters. The van der Waals surface area contributed by atoms with Crippen LogP contribution < -0.4 is 5.32 Å². The molecule has 1 atom stereocenters. The molecule has 20 heavy (non-hydrogen) atoms. The van der Waals surface area contributed by atoms with Crippen molar-refractivity contribution in [2.75, 3.05) is 13.1 Å². The Morgan fingerprint density at radius 2 is 2.10 bits per heavy atom. The molecule has 2 rings (SSSR count). The van der Waals surface area contributed by atoms with Gasteiger partial charge >= 0.3 is 5.97 Å². The highest BCUT2D eigenvalue weighted by molar-refractivity contribution is 5.92. The molecule has 1 aliphatic carbocycles. The molecular weight excluding hydrogens is 260 g/mol. The molecule has 6 nitrogen and oxygen atoms in total. The molecule has 0 spiro atoms. The Morgan fingerprint density at radius 1 is 1.45 bits per heavy atom. The first-order valence-corrected chi connectivity index (χ1v) is 6.92. The van der Waals surface area contributed by atoms with Gasteiger partial charge in [0.15, 0.2) is 0 Å². The smallest absolute Gasteiger partial charge is 0.329 e. The SMILES string of the molecule is C=CCN1C[C@@H](C(=O)NC2(C(=O)O)CCCC2)CC1=O. The van der Waals surface area contributed by atoms with E-state index in [0.717, 1.165) is 12.8 Å². The Bertz CT molecular complexity index is 440. The summed E-state index contributed by atoms with van der Waals surface area (Å²) in [7, 11) is 0. The molecule has 1 saturated heterocycles. The molecule has 110 valence electrons. The van der Waals surface area contributed by atoms with Crippen molar-refractivity contribution >= 4 is 17.8 Å². The van der Waals surface area contributed by atoms with E-state index in [-0.39, 0.29) is 18.2 Å². The third-order valence-electron chi connectivity index (χ3n) is 4.16. The molecular formula is C14H20N2O4. The van der Waals surface area contributed by atoms with Gasteiger partial charge in [0.25, 0.3) is 0 Å². The number of rotatable bonds is 5. The van der Waals surface area contributed by atoms with Crippen LogP contribution in [0.2, 0.25) is 0 Å². The van der Waals surface area contributed by atoms with Gasteiger partial charge in [-0.2, -0.15) is 0 Å². The minimum Gasteiger partial charge on any atom is -0.480 e. The zero-order valence-electron chi connectivity index (χ0n) is 11.4. The van der Waals surface area contributed by atoms with Gasteiger partial charge in [0.05, 0.1) is 5.92 Å². The lowest BCUT2D eigenvalue weighted by Crippen LogP contribution is -2.54. The molecule has 1 heterocycles. The molecule has 1 saturated carbocycles. The van der Waals surface area contributed by atoms with E-state index < -0.39 is 17.4 Å². The van der Waals surface area contributed by atoms with Crippen molar-refractivity contribution in [3.05, 3.63) is 12.7 Å². The van der Waals surface area contributed by atoms with Gasteiger partial charge in [0, 0.05) is 19.5 Å². The van der Waals surface area contributed by atoms with E-state index >= 15 is 0 Å². The number of likely N-dealkylation sites (tertiary alicyclic amines) is 1. The first kappa shape index (κ1) is 14.6. The summed E-state index contributed by atoms with van der Waals surface area (Å²) < 4.78 is 0. The summed E-state index contributed by atoms with van der Waals surface area (Å²) in [5.74, 6) is -1.84. The fourth-order valence-electron chi connectivity index (χ4n) is 2.99. The highest BCUT2D eigenvalue weighted by Gasteiger charge is 2.45. The van der Waals surface area contributed by atoms with Crippen molar-refractivity contribution in [2.24, 2.45) is 5.92 Å². The van der Waals surface area contributed by atoms with Crippen LogP contribution in [0.4, 0.5) is 0 Å². The van der Waals surface area contributed by atoms with Crippen molar-refractivity contribution in [1.29, 1.82) is 0 Å². The molecule has 0 aromatic rings. The Kier molecular flexibility index (Phi) is 4.11. The first-order valence-electron chi connectivity index (χ1n) is 6.92. The topological polar surface area (TPSA) is 86.7 Å². The highest BCUT2D eigenvalue weighted by atomic mass is 16.4. The number of nitrogens with one attached hydrogen (secondary N) is 1. The van der Waals surface area contributed by atoms with Crippen LogP contribution in [-0.2, 0) is 14.4 Å². The number of amides is 2. The second-order valence-electron chi connectivity index (χ2n) is 5.57. The summed E-state index contributed by atoms with van der Waals surface area (Å²) in [6, 6.07) is 0. The maximum Gasteiger partial charge on any atom is 0.329 e. The van der Waals surface area contributed by atoms with Gasteiger partial charge in [0.2, 0.25) is 11.8 Å². The van der Waals surface area contributed by atoms with Gasteiger partial charge in [-0.05, 0) is 12.8 Å². The molecule has 0 radical (unpaired) electrons. The third kappa shape index (κ3) is 2.69.